The molecule has 0 saturated carbocycles. The average Bonchev–Trinajstić information content (AvgIpc) is 2.58. The van der Waals surface area contributed by atoms with Crippen molar-refractivity contribution in [1.82, 2.24) is 4.90 Å². The van der Waals surface area contributed by atoms with Crippen molar-refractivity contribution < 1.29 is 9.53 Å². The summed E-state index contributed by atoms with van der Waals surface area (Å²) in [5.41, 5.74) is 5.80. The third-order valence-corrected chi connectivity index (χ3v) is 2.92. The zero-order chi connectivity index (χ0) is 10.6. The Balaban J connectivity index is 0.00000196. The van der Waals surface area contributed by atoms with E-state index in [2.05, 4.69) is 6.92 Å². The van der Waals surface area contributed by atoms with Crippen molar-refractivity contribution in [3.8, 4) is 0 Å². The van der Waals surface area contributed by atoms with Crippen LogP contribution in [0.5, 0.6) is 0 Å². The Labute approximate surface area is 97.5 Å². The van der Waals surface area contributed by atoms with E-state index in [1.54, 1.807) is 7.11 Å². The second-order valence-electron chi connectivity index (χ2n) is 4.32. The van der Waals surface area contributed by atoms with Gasteiger partial charge in [0.1, 0.15) is 0 Å². The SMILES string of the molecule is COCCC(=O)N1CCC(C)(CN)C1.Cl. The van der Waals surface area contributed by atoms with E-state index < -0.39 is 0 Å². The van der Waals surface area contributed by atoms with Crippen LogP contribution in [0.2, 0.25) is 0 Å². The standard InChI is InChI=1S/C10H20N2O2.ClH/c1-10(7-11)4-5-12(8-10)9(13)3-6-14-2;/h3-8,11H2,1-2H3;1H. The van der Waals surface area contributed by atoms with Crippen LogP contribution in [0.3, 0.4) is 0 Å². The number of nitrogens with zero attached hydrogens (tertiary/aromatic N) is 1. The number of ether oxygens (including phenoxy) is 1. The van der Waals surface area contributed by atoms with Gasteiger partial charge in [-0.3, -0.25) is 4.79 Å². The molecule has 1 amide bonds. The Bertz CT molecular complexity index is 214. The number of amides is 1. The molecule has 1 heterocycles. The third kappa shape index (κ3) is 3.97. The average molecular weight is 237 g/mol. The summed E-state index contributed by atoms with van der Waals surface area (Å²) in [4.78, 5) is 13.5. The maximum Gasteiger partial charge on any atom is 0.224 e. The topological polar surface area (TPSA) is 55.6 Å². The molecule has 1 saturated heterocycles. The molecule has 1 aliphatic rings. The van der Waals surface area contributed by atoms with Gasteiger partial charge >= 0.3 is 0 Å². The van der Waals surface area contributed by atoms with Gasteiger partial charge in [-0.25, -0.2) is 0 Å². The van der Waals surface area contributed by atoms with Crippen LogP contribution in [-0.4, -0.2) is 44.2 Å². The first kappa shape index (κ1) is 14.7. The molecule has 0 aliphatic carbocycles. The molecule has 4 nitrogen and oxygen atoms in total. The van der Waals surface area contributed by atoms with E-state index in [0.29, 0.717) is 19.6 Å². The van der Waals surface area contributed by atoms with Crippen molar-refractivity contribution in [3.63, 3.8) is 0 Å². The zero-order valence-electron chi connectivity index (χ0n) is 9.49. The van der Waals surface area contributed by atoms with Gasteiger partial charge in [0, 0.05) is 20.2 Å². The fourth-order valence-electron chi connectivity index (χ4n) is 1.75. The van der Waals surface area contributed by atoms with Crippen LogP contribution in [0.1, 0.15) is 19.8 Å². The minimum Gasteiger partial charge on any atom is -0.384 e. The van der Waals surface area contributed by atoms with E-state index >= 15 is 0 Å². The number of nitrogens with two attached hydrogens (primary N) is 1. The molecule has 1 unspecified atom stereocenters. The summed E-state index contributed by atoms with van der Waals surface area (Å²) in [6.07, 6.45) is 1.50. The van der Waals surface area contributed by atoms with Gasteiger partial charge < -0.3 is 15.4 Å². The van der Waals surface area contributed by atoms with E-state index in [1.807, 2.05) is 4.90 Å². The van der Waals surface area contributed by atoms with Gasteiger partial charge in [-0.05, 0) is 18.4 Å². The molecule has 2 N–H and O–H groups in total. The van der Waals surface area contributed by atoms with Crippen LogP contribution in [0.25, 0.3) is 0 Å². The molecular formula is C10H21ClN2O2. The number of hydrogen-bond donors (Lipinski definition) is 1. The summed E-state index contributed by atoms with van der Waals surface area (Å²) in [6, 6.07) is 0. The number of halogens is 1. The van der Waals surface area contributed by atoms with Gasteiger partial charge in [0.2, 0.25) is 5.91 Å². The molecule has 0 aromatic rings. The molecule has 0 bridgehead atoms. The van der Waals surface area contributed by atoms with Crippen LogP contribution >= 0.6 is 12.4 Å². The Morgan fingerprint density at radius 1 is 1.60 bits per heavy atom. The predicted molar refractivity (Wildman–Crippen MR) is 62.1 cm³/mol. The van der Waals surface area contributed by atoms with E-state index in [4.69, 9.17) is 10.5 Å². The van der Waals surface area contributed by atoms with Crippen molar-refractivity contribution in [1.29, 1.82) is 0 Å². The lowest BCUT2D eigenvalue weighted by molar-refractivity contribution is -0.131. The number of carbonyl (C=O) groups is 1. The second kappa shape index (κ2) is 6.30. The highest BCUT2D eigenvalue weighted by Crippen LogP contribution is 2.28. The zero-order valence-corrected chi connectivity index (χ0v) is 10.3. The van der Waals surface area contributed by atoms with Crippen molar-refractivity contribution in [2.75, 3.05) is 33.4 Å². The lowest BCUT2D eigenvalue weighted by Crippen LogP contribution is -2.34. The van der Waals surface area contributed by atoms with Gasteiger partial charge in [-0.2, -0.15) is 0 Å². The van der Waals surface area contributed by atoms with Gasteiger partial charge in [0.05, 0.1) is 13.0 Å². The summed E-state index contributed by atoms with van der Waals surface area (Å²) in [6.45, 7) is 4.94. The minimum atomic E-state index is 0. The van der Waals surface area contributed by atoms with Gasteiger partial charge in [0.15, 0.2) is 0 Å². The molecule has 0 aromatic carbocycles. The fraction of sp³-hybridized carbons (Fsp3) is 0.900. The summed E-state index contributed by atoms with van der Waals surface area (Å²) < 4.78 is 4.88. The van der Waals surface area contributed by atoms with Gasteiger partial charge in [-0.1, -0.05) is 6.92 Å². The first-order valence-electron chi connectivity index (χ1n) is 5.08. The molecule has 1 rings (SSSR count). The van der Waals surface area contributed by atoms with Crippen LogP contribution < -0.4 is 5.73 Å². The Hall–Kier alpha value is -0.320. The molecule has 5 heteroatoms. The smallest absolute Gasteiger partial charge is 0.224 e. The summed E-state index contributed by atoms with van der Waals surface area (Å²) in [5.74, 6) is 0.184. The van der Waals surface area contributed by atoms with Crippen molar-refractivity contribution in [3.05, 3.63) is 0 Å². The van der Waals surface area contributed by atoms with Crippen LogP contribution in [0.15, 0.2) is 0 Å². The minimum absolute atomic E-state index is 0. The van der Waals surface area contributed by atoms with E-state index in [0.717, 1.165) is 19.5 Å². The first-order valence-corrected chi connectivity index (χ1v) is 5.08. The van der Waals surface area contributed by atoms with Crippen LogP contribution in [-0.2, 0) is 9.53 Å². The predicted octanol–water partition coefficient (Wildman–Crippen LogP) is 0.642. The highest BCUT2D eigenvalue weighted by atomic mass is 35.5. The van der Waals surface area contributed by atoms with E-state index in [-0.39, 0.29) is 23.7 Å². The molecule has 0 spiro atoms. The molecular weight excluding hydrogens is 216 g/mol. The highest BCUT2D eigenvalue weighted by molar-refractivity contribution is 5.85. The molecule has 1 atom stereocenters. The second-order valence-corrected chi connectivity index (χ2v) is 4.32. The van der Waals surface area contributed by atoms with Crippen molar-refractivity contribution >= 4 is 18.3 Å². The summed E-state index contributed by atoms with van der Waals surface area (Å²) in [5, 5.41) is 0. The molecule has 1 fully saturated rings. The Morgan fingerprint density at radius 2 is 2.27 bits per heavy atom. The van der Waals surface area contributed by atoms with Gasteiger partial charge in [-0.15, -0.1) is 12.4 Å². The fourth-order valence-corrected chi connectivity index (χ4v) is 1.75. The lowest BCUT2D eigenvalue weighted by atomic mass is 9.90. The maximum absolute atomic E-state index is 11.6. The number of carbonyl (C=O) groups excluding carboxylic acids is 1. The van der Waals surface area contributed by atoms with E-state index in [9.17, 15) is 4.79 Å². The largest absolute Gasteiger partial charge is 0.384 e. The molecule has 0 aromatic heterocycles. The molecule has 0 radical (unpaired) electrons. The van der Waals surface area contributed by atoms with Gasteiger partial charge in [0.25, 0.3) is 0 Å². The summed E-state index contributed by atoms with van der Waals surface area (Å²) in [7, 11) is 1.61. The van der Waals surface area contributed by atoms with Crippen molar-refractivity contribution in [2.24, 2.45) is 11.1 Å². The van der Waals surface area contributed by atoms with Crippen LogP contribution in [0.4, 0.5) is 0 Å². The van der Waals surface area contributed by atoms with Crippen LogP contribution in [0, 0.1) is 5.41 Å². The Kier molecular flexibility index (Phi) is 6.17. The Morgan fingerprint density at radius 3 is 2.73 bits per heavy atom. The normalized spacial score (nSPS) is 25.1. The quantitative estimate of drug-likeness (QED) is 0.780. The number of methoxy groups -OCH3 is 1. The monoisotopic (exact) mass is 236 g/mol. The molecule has 90 valence electrons. The molecule has 1 aliphatic heterocycles. The van der Waals surface area contributed by atoms with E-state index in [1.165, 1.54) is 0 Å². The maximum atomic E-state index is 11.6. The first-order chi connectivity index (χ1) is 6.61. The lowest BCUT2D eigenvalue weighted by Gasteiger charge is -2.22. The number of hydrogen-bond acceptors (Lipinski definition) is 3. The number of likely N-dealkylation sites (tertiary alicyclic amines) is 1. The molecule has 15 heavy (non-hydrogen) atoms. The highest BCUT2D eigenvalue weighted by Gasteiger charge is 2.34. The van der Waals surface area contributed by atoms with Crippen molar-refractivity contribution in [2.45, 2.75) is 19.8 Å². The summed E-state index contributed by atoms with van der Waals surface area (Å²) >= 11 is 0. The third-order valence-electron chi connectivity index (χ3n) is 2.92. The number of rotatable bonds is 4.